The number of rotatable bonds is 3. The second-order valence-corrected chi connectivity index (χ2v) is 6.42. The minimum Gasteiger partial charge on any atom is -0.508 e. The lowest BCUT2D eigenvalue weighted by Gasteiger charge is -2.09. The summed E-state index contributed by atoms with van der Waals surface area (Å²) in [6.07, 6.45) is 0. The van der Waals surface area contributed by atoms with Crippen LogP contribution >= 0.6 is 44.1 Å². The van der Waals surface area contributed by atoms with Crippen molar-refractivity contribution in [2.45, 2.75) is 0 Å². The second-order valence-electron chi connectivity index (χ2n) is 4.14. The smallest absolute Gasteiger partial charge is 0.184 e. The van der Waals surface area contributed by atoms with Gasteiger partial charge < -0.3 is 10.8 Å². The number of nitrogens with two attached hydrogens (primary N) is 1. The monoisotopic (exact) mass is 427 g/mol. The number of nitrogens with one attached hydrogen (secondary N) is 1. The molecule has 21 heavy (non-hydrogen) atoms. The van der Waals surface area contributed by atoms with Gasteiger partial charge in [-0.1, -0.05) is 44.0 Å². The lowest BCUT2D eigenvalue weighted by atomic mass is 10.0. The predicted molar refractivity (Wildman–Crippen MR) is 95.5 cm³/mol. The molecule has 0 bridgehead atoms. The Kier molecular flexibility index (Phi) is 5.33. The zero-order valence-corrected chi connectivity index (χ0v) is 14.7. The van der Waals surface area contributed by atoms with Gasteiger partial charge in [0.15, 0.2) is 5.11 Å². The summed E-state index contributed by atoms with van der Waals surface area (Å²) in [5.74, 6) is 0.136. The molecular weight excluding hydrogens is 418 g/mol. The van der Waals surface area contributed by atoms with Crippen molar-refractivity contribution in [1.29, 1.82) is 0 Å². The number of hydrazone groups is 1. The topological polar surface area (TPSA) is 70.6 Å². The van der Waals surface area contributed by atoms with E-state index in [1.165, 1.54) is 0 Å². The lowest BCUT2D eigenvalue weighted by Crippen LogP contribution is -2.26. The number of phenols is 1. The highest BCUT2D eigenvalue weighted by Gasteiger charge is 2.10. The largest absolute Gasteiger partial charge is 0.508 e. The average Bonchev–Trinajstić information content (AvgIpc) is 2.37. The molecule has 0 aromatic heterocycles. The number of hydrogen-bond acceptors (Lipinski definition) is 3. The summed E-state index contributed by atoms with van der Waals surface area (Å²) in [4.78, 5) is 0. The summed E-state index contributed by atoms with van der Waals surface area (Å²) < 4.78 is 1.66. The molecule has 0 fully saturated rings. The van der Waals surface area contributed by atoms with E-state index in [0.717, 1.165) is 20.1 Å². The molecule has 2 rings (SSSR count). The molecule has 108 valence electrons. The maximum atomic E-state index is 9.76. The minimum atomic E-state index is 0.0710. The molecule has 0 saturated heterocycles. The lowest BCUT2D eigenvalue weighted by molar-refractivity contribution is 0.475. The molecule has 0 radical (unpaired) electrons. The number of phenolic OH excluding ortho intramolecular Hbond substituents is 1. The van der Waals surface area contributed by atoms with Crippen molar-refractivity contribution in [3.63, 3.8) is 0 Å². The molecule has 0 heterocycles. The van der Waals surface area contributed by atoms with Crippen LogP contribution in [0.5, 0.6) is 5.75 Å². The highest BCUT2D eigenvalue weighted by molar-refractivity contribution is 9.10. The Hall–Kier alpha value is -1.44. The summed E-state index contributed by atoms with van der Waals surface area (Å²) >= 11 is 11.6. The van der Waals surface area contributed by atoms with Gasteiger partial charge in [-0.05, 0) is 42.5 Å². The van der Waals surface area contributed by atoms with Crippen LogP contribution in [-0.4, -0.2) is 15.9 Å². The van der Waals surface area contributed by atoms with Crippen molar-refractivity contribution in [2.24, 2.45) is 10.8 Å². The van der Waals surface area contributed by atoms with Crippen LogP contribution in [0.3, 0.4) is 0 Å². The highest BCUT2D eigenvalue weighted by Crippen LogP contribution is 2.23. The third kappa shape index (κ3) is 4.52. The molecule has 0 aliphatic heterocycles. The molecule has 0 saturated carbocycles. The van der Waals surface area contributed by atoms with Crippen LogP contribution in [0, 0.1) is 0 Å². The first-order chi connectivity index (χ1) is 9.95. The Balaban J connectivity index is 2.55. The Morgan fingerprint density at radius 3 is 2.43 bits per heavy atom. The summed E-state index contributed by atoms with van der Waals surface area (Å²) in [5, 5.41) is 14.1. The number of aromatic hydroxyl groups is 1. The molecule has 0 spiro atoms. The summed E-state index contributed by atoms with van der Waals surface area (Å²) in [5.41, 5.74) is 10.2. The highest BCUT2D eigenvalue weighted by atomic mass is 79.9. The van der Waals surface area contributed by atoms with Gasteiger partial charge in [-0.3, -0.25) is 5.43 Å². The van der Waals surface area contributed by atoms with Crippen LogP contribution < -0.4 is 11.2 Å². The van der Waals surface area contributed by atoms with E-state index in [1.807, 2.05) is 30.3 Å². The van der Waals surface area contributed by atoms with Crippen LogP contribution in [0.15, 0.2) is 56.5 Å². The van der Waals surface area contributed by atoms with Crippen molar-refractivity contribution < 1.29 is 5.11 Å². The van der Waals surface area contributed by atoms with E-state index in [1.54, 1.807) is 12.1 Å². The molecule has 0 atom stereocenters. The van der Waals surface area contributed by atoms with E-state index in [0.29, 0.717) is 5.71 Å². The first-order valence-corrected chi connectivity index (χ1v) is 7.84. The molecule has 4 nitrogen and oxygen atoms in total. The number of hydrogen-bond donors (Lipinski definition) is 3. The first kappa shape index (κ1) is 15.9. The van der Waals surface area contributed by atoms with Gasteiger partial charge in [0.05, 0.1) is 5.71 Å². The number of benzene rings is 2. The molecule has 0 unspecified atom stereocenters. The molecule has 2 aromatic carbocycles. The van der Waals surface area contributed by atoms with Gasteiger partial charge in [0, 0.05) is 20.1 Å². The Morgan fingerprint density at radius 1 is 1.10 bits per heavy atom. The molecule has 7 heteroatoms. The Morgan fingerprint density at radius 2 is 1.81 bits per heavy atom. The van der Waals surface area contributed by atoms with Crippen LogP contribution in [-0.2, 0) is 0 Å². The zero-order valence-electron chi connectivity index (χ0n) is 10.7. The summed E-state index contributed by atoms with van der Waals surface area (Å²) in [7, 11) is 0. The maximum absolute atomic E-state index is 9.76. The van der Waals surface area contributed by atoms with Gasteiger partial charge in [-0.15, -0.1) is 0 Å². The molecular formula is C14H11Br2N3OS. The maximum Gasteiger partial charge on any atom is 0.184 e. The molecule has 0 amide bonds. The SMILES string of the molecule is NC(=S)N/N=C(/c1cccc(Br)c1)c1cc(O)cc(Br)c1. The van der Waals surface area contributed by atoms with E-state index in [-0.39, 0.29) is 10.9 Å². The van der Waals surface area contributed by atoms with E-state index in [9.17, 15) is 5.11 Å². The summed E-state index contributed by atoms with van der Waals surface area (Å²) in [6, 6.07) is 12.7. The third-order valence-corrected chi connectivity index (χ3v) is 3.57. The normalized spacial score (nSPS) is 11.2. The Bertz CT molecular complexity index is 699. The van der Waals surface area contributed by atoms with Gasteiger partial charge in [0.25, 0.3) is 0 Å². The van der Waals surface area contributed by atoms with Gasteiger partial charge in [0.1, 0.15) is 5.75 Å². The average molecular weight is 429 g/mol. The molecule has 2 aromatic rings. The van der Waals surface area contributed by atoms with Gasteiger partial charge in [-0.2, -0.15) is 5.10 Å². The van der Waals surface area contributed by atoms with Gasteiger partial charge in [0.2, 0.25) is 0 Å². The van der Waals surface area contributed by atoms with Crippen LogP contribution in [0.2, 0.25) is 0 Å². The zero-order chi connectivity index (χ0) is 15.4. The standard InChI is InChI=1S/C14H11Br2N3OS/c15-10-3-1-2-8(4-10)13(18-19-14(17)21)9-5-11(16)7-12(20)6-9/h1-7,20H,(H3,17,19,21)/b18-13-. The molecule has 0 aliphatic carbocycles. The van der Waals surface area contributed by atoms with Crippen molar-refractivity contribution in [3.05, 3.63) is 62.5 Å². The van der Waals surface area contributed by atoms with E-state index < -0.39 is 0 Å². The van der Waals surface area contributed by atoms with Crippen LogP contribution in [0.4, 0.5) is 0 Å². The third-order valence-electron chi connectivity index (χ3n) is 2.53. The quantitative estimate of drug-likeness (QED) is 0.397. The van der Waals surface area contributed by atoms with E-state index in [4.69, 9.17) is 18.0 Å². The minimum absolute atomic E-state index is 0.0710. The van der Waals surface area contributed by atoms with E-state index in [2.05, 4.69) is 42.4 Å². The summed E-state index contributed by atoms with van der Waals surface area (Å²) in [6.45, 7) is 0. The predicted octanol–water partition coefficient (Wildman–Crippen LogP) is 3.50. The fraction of sp³-hybridized carbons (Fsp3) is 0. The van der Waals surface area contributed by atoms with Crippen molar-refractivity contribution in [1.82, 2.24) is 5.43 Å². The number of halogens is 2. The van der Waals surface area contributed by atoms with Crippen LogP contribution in [0.25, 0.3) is 0 Å². The van der Waals surface area contributed by atoms with Crippen molar-refractivity contribution in [2.75, 3.05) is 0 Å². The first-order valence-electron chi connectivity index (χ1n) is 5.85. The van der Waals surface area contributed by atoms with Crippen molar-refractivity contribution in [3.8, 4) is 5.75 Å². The van der Waals surface area contributed by atoms with Crippen LogP contribution in [0.1, 0.15) is 11.1 Å². The van der Waals surface area contributed by atoms with Gasteiger partial charge in [-0.25, -0.2) is 0 Å². The number of thiocarbonyl (C=S) groups is 1. The fourth-order valence-electron chi connectivity index (χ4n) is 1.75. The Labute approximate surface area is 144 Å². The number of nitrogens with zero attached hydrogens (tertiary/aromatic N) is 1. The van der Waals surface area contributed by atoms with Crippen molar-refractivity contribution >= 4 is 54.9 Å². The molecule has 4 N–H and O–H groups in total. The second kappa shape index (κ2) is 7.02. The van der Waals surface area contributed by atoms with Gasteiger partial charge >= 0.3 is 0 Å². The fourth-order valence-corrected chi connectivity index (χ4v) is 2.68. The van der Waals surface area contributed by atoms with E-state index >= 15 is 0 Å². The molecule has 0 aliphatic rings.